The number of nitrogens with one attached hydrogen (secondary N) is 1. The van der Waals surface area contributed by atoms with Crippen LogP contribution in [0.25, 0.3) is 0 Å². The van der Waals surface area contributed by atoms with Crippen LogP contribution < -0.4 is 5.32 Å². The Balaban J connectivity index is 1.74. The minimum Gasteiger partial charge on any atom is -0.387 e. The van der Waals surface area contributed by atoms with E-state index in [1.165, 1.54) is 31.4 Å². The fourth-order valence-corrected chi connectivity index (χ4v) is 2.37. The maximum absolute atomic E-state index is 13.3. The largest absolute Gasteiger partial charge is 0.387 e. The average molecular weight is 300 g/mol. The smallest absolute Gasteiger partial charge is 0.220 e. The van der Waals surface area contributed by atoms with Gasteiger partial charge in [0.25, 0.3) is 0 Å². The number of amides is 1. The molecule has 1 unspecified atom stereocenters. The molecule has 0 heterocycles. The number of rotatable bonds is 6. The van der Waals surface area contributed by atoms with Crippen LogP contribution in [0.15, 0.2) is 18.2 Å². The zero-order valence-electron chi connectivity index (χ0n) is 11.2. The maximum Gasteiger partial charge on any atom is 0.220 e. The second kappa shape index (κ2) is 7.04. The summed E-state index contributed by atoms with van der Waals surface area (Å²) in [6.45, 7) is 0.0879. The first-order valence-corrected chi connectivity index (χ1v) is 7.34. The first kappa shape index (κ1) is 15.3. The third kappa shape index (κ3) is 4.18. The molecule has 0 bridgehead atoms. The van der Waals surface area contributed by atoms with Crippen LogP contribution >= 0.6 is 11.6 Å². The van der Waals surface area contributed by atoms with Crippen molar-refractivity contribution in [2.24, 2.45) is 5.92 Å². The Morgan fingerprint density at radius 3 is 2.85 bits per heavy atom. The van der Waals surface area contributed by atoms with E-state index in [1.807, 2.05) is 0 Å². The van der Waals surface area contributed by atoms with Crippen LogP contribution in [0.3, 0.4) is 0 Å². The van der Waals surface area contributed by atoms with Gasteiger partial charge in [0.1, 0.15) is 5.82 Å². The summed E-state index contributed by atoms with van der Waals surface area (Å²) in [4.78, 5) is 11.6. The highest BCUT2D eigenvalue weighted by Gasteiger charge is 2.18. The monoisotopic (exact) mass is 299 g/mol. The lowest BCUT2D eigenvalue weighted by Gasteiger charge is -2.24. The van der Waals surface area contributed by atoms with Crippen LogP contribution in [0.2, 0.25) is 5.02 Å². The number of aliphatic hydroxyl groups excluding tert-OH is 1. The number of aliphatic hydroxyl groups is 1. The molecule has 1 aliphatic rings. The first-order chi connectivity index (χ1) is 9.56. The number of benzene rings is 1. The lowest BCUT2D eigenvalue weighted by atomic mass is 9.82. The van der Waals surface area contributed by atoms with E-state index < -0.39 is 11.9 Å². The van der Waals surface area contributed by atoms with E-state index in [0.29, 0.717) is 17.9 Å². The van der Waals surface area contributed by atoms with Gasteiger partial charge < -0.3 is 10.4 Å². The molecule has 20 heavy (non-hydrogen) atoms. The van der Waals surface area contributed by atoms with Crippen molar-refractivity contribution in [2.45, 2.75) is 38.2 Å². The van der Waals surface area contributed by atoms with E-state index >= 15 is 0 Å². The van der Waals surface area contributed by atoms with Crippen LogP contribution in [-0.2, 0) is 4.79 Å². The predicted molar refractivity (Wildman–Crippen MR) is 76.0 cm³/mol. The van der Waals surface area contributed by atoms with Gasteiger partial charge in [-0.3, -0.25) is 4.79 Å². The summed E-state index contributed by atoms with van der Waals surface area (Å²) in [5.74, 6) is 0.0564. The van der Waals surface area contributed by atoms with Crippen molar-refractivity contribution in [3.8, 4) is 0 Å². The molecule has 1 aromatic carbocycles. The van der Waals surface area contributed by atoms with E-state index in [-0.39, 0.29) is 17.5 Å². The zero-order valence-corrected chi connectivity index (χ0v) is 12.0. The predicted octanol–water partition coefficient (Wildman–Crippen LogP) is 3.21. The molecule has 1 atom stereocenters. The normalized spacial score (nSPS) is 16.6. The molecular formula is C15H19ClFNO2. The van der Waals surface area contributed by atoms with Gasteiger partial charge in [0.15, 0.2) is 0 Å². The van der Waals surface area contributed by atoms with Crippen molar-refractivity contribution in [3.63, 3.8) is 0 Å². The molecule has 5 heteroatoms. The molecule has 0 aromatic heterocycles. The SMILES string of the molecule is O=C(CCC1CCC1)NCC(O)c1ccc(Cl)c(F)c1. The summed E-state index contributed by atoms with van der Waals surface area (Å²) < 4.78 is 13.3. The molecular weight excluding hydrogens is 281 g/mol. The second-order valence-electron chi connectivity index (χ2n) is 5.33. The Hall–Kier alpha value is -1.13. The molecule has 2 rings (SSSR count). The highest BCUT2D eigenvalue weighted by Crippen LogP contribution is 2.30. The van der Waals surface area contributed by atoms with Crippen LogP contribution in [0.4, 0.5) is 4.39 Å². The Kier molecular flexibility index (Phi) is 5.38. The standard InChI is InChI=1S/C15H19ClFNO2/c16-12-6-5-11(8-13(12)17)14(19)9-18-15(20)7-4-10-2-1-3-10/h5-6,8,10,14,19H,1-4,7,9H2,(H,18,20). The van der Waals surface area contributed by atoms with Gasteiger partial charge in [0.05, 0.1) is 11.1 Å². The summed E-state index contributed by atoms with van der Waals surface area (Å²) in [6, 6.07) is 4.14. The Bertz CT molecular complexity index is 477. The highest BCUT2D eigenvalue weighted by molar-refractivity contribution is 6.30. The summed E-state index contributed by atoms with van der Waals surface area (Å²) >= 11 is 5.58. The Morgan fingerprint density at radius 2 is 2.25 bits per heavy atom. The van der Waals surface area contributed by atoms with Gasteiger partial charge in [-0.05, 0) is 30.0 Å². The minimum atomic E-state index is -0.922. The Labute approximate surface area is 123 Å². The van der Waals surface area contributed by atoms with E-state index in [1.54, 1.807) is 6.07 Å². The van der Waals surface area contributed by atoms with Crippen molar-refractivity contribution in [2.75, 3.05) is 6.54 Å². The van der Waals surface area contributed by atoms with Crippen molar-refractivity contribution >= 4 is 17.5 Å². The molecule has 0 radical (unpaired) electrons. The molecule has 1 saturated carbocycles. The molecule has 3 nitrogen and oxygen atoms in total. The summed E-state index contributed by atoms with van der Waals surface area (Å²) in [7, 11) is 0. The second-order valence-corrected chi connectivity index (χ2v) is 5.74. The molecule has 0 saturated heterocycles. The van der Waals surface area contributed by atoms with Gasteiger partial charge in [-0.25, -0.2) is 4.39 Å². The fraction of sp³-hybridized carbons (Fsp3) is 0.533. The van der Waals surface area contributed by atoms with E-state index in [9.17, 15) is 14.3 Å². The van der Waals surface area contributed by atoms with E-state index in [2.05, 4.69) is 5.32 Å². The number of halogens is 2. The molecule has 0 spiro atoms. The minimum absolute atomic E-state index is 0.0190. The number of carbonyl (C=O) groups excluding carboxylic acids is 1. The third-order valence-electron chi connectivity index (χ3n) is 3.83. The summed E-state index contributed by atoms with van der Waals surface area (Å²) in [5, 5.41) is 12.6. The molecule has 1 fully saturated rings. The van der Waals surface area contributed by atoms with Gasteiger partial charge in [-0.2, -0.15) is 0 Å². The zero-order chi connectivity index (χ0) is 14.5. The molecule has 1 aromatic rings. The number of carbonyl (C=O) groups is 1. The van der Waals surface area contributed by atoms with Gasteiger partial charge in [0.2, 0.25) is 5.91 Å². The molecule has 0 aliphatic heterocycles. The van der Waals surface area contributed by atoms with Crippen LogP contribution in [-0.4, -0.2) is 17.6 Å². The van der Waals surface area contributed by atoms with Gasteiger partial charge >= 0.3 is 0 Å². The van der Waals surface area contributed by atoms with Crippen LogP contribution in [0.5, 0.6) is 0 Å². The number of hydrogen-bond donors (Lipinski definition) is 2. The lowest BCUT2D eigenvalue weighted by molar-refractivity contribution is -0.122. The van der Waals surface area contributed by atoms with Gasteiger partial charge in [-0.15, -0.1) is 0 Å². The summed E-state index contributed by atoms with van der Waals surface area (Å²) in [5.41, 5.74) is 0.409. The molecule has 1 aliphatic carbocycles. The van der Waals surface area contributed by atoms with E-state index in [4.69, 9.17) is 11.6 Å². The maximum atomic E-state index is 13.3. The summed E-state index contributed by atoms with van der Waals surface area (Å²) in [6.07, 6.45) is 4.20. The van der Waals surface area contributed by atoms with Gasteiger partial charge in [0, 0.05) is 13.0 Å². The fourth-order valence-electron chi connectivity index (χ4n) is 2.25. The first-order valence-electron chi connectivity index (χ1n) is 6.96. The third-order valence-corrected chi connectivity index (χ3v) is 4.13. The van der Waals surface area contributed by atoms with Crippen molar-refractivity contribution in [1.82, 2.24) is 5.32 Å². The molecule has 1 amide bonds. The van der Waals surface area contributed by atoms with Gasteiger partial charge in [-0.1, -0.05) is 36.9 Å². The molecule has 2 N–H and O–H groups in total. The quantitative estimate of drug-likeness (QED) is 0.847. The van der Waals surface area contributed by atoms with E-state index in [0.717, 1.165) is 6.42 Å². The van der Waals surface area contributed by atoms with Crippen LogP contribution in [0, 0.1) is 11.7 Å². The van der Waals surface area contributed by atoms with Crippen molar-refractivity contribution < 1.29 is 14.3 Å². The lowest BCUT2D eigenvalue weighted by Crippen LogP contribution is -2.29. The highest BCUT2D eigenvalue weighted by atomic mass is 35.5. The average Bonchev–Trinajstić information content (AvgIpc) is 2.37. The van der Waals surface area contributed by atoms with Crippen molar-refractivity contribution in [3.05, 3.63) is 34.6 Å². The number of hydrogen-bond acceptors (Lipinski definition) is 2. The Morgan fingerprint density at radius 1 is 1.50 bits per heavy atom. The molecule has 110 valence electrons. The van der Waals surface area contributed by atoms with Crippen LogP contribution in [0.1, 0.15) is 43.8 Å². The topological polar surface area (TPSA) is 49.3 Å². The van der Waals surface area contributed by atoms with Crippen molar-refractivity contribution in [1.29, 1.82) is 0 Å².